The maximum absolute atomic E-state index is 9.23. The molecule has 2 heterocycles. The van der Waals surface area contributed by atoms with Crippen molar-refractivity contribution >= 4 is 11.8 Å². The summed E-state index contributed by atoms with van der Waals surface area (Å²) in [6.07, 6.45) is 1.29. The van der Waals surface area contributed by atoms with Gasteiger partial charge in [-0.15, -0.1) is 0 Å². The van der Waals surface area contributed by atoms with Gasteiger partial charge in [-0.25, -0.2) is 0 Å². The smallest absolute Gasteiger partial charge is 0.123 e. The highest BCUT2D eigenvalue weighted by Gasteiger charge is 2.25. The van der Waals surface area contributed by atoms with Gasteiger partial charge in [0, 0.05) is 30.4 Å². The van der Waals surface area contributed by atoms with Crippen LogP contribution in [0.5, 0.6) is 5.75 Å². The molecule has 2 aliphatic rings. The van der Waals surface area contributed by atoms with Crippen molar-refractivity contribution in [1.82, 2.24) is 4.90 Å². The van der Waals surface area contributed by atoms with Gasteiger partial charge in [0.25, 0.3) is 0 Å². The number of hydrogen-bond donors (Lipinski definition) is 1. The first-order valence-corrected chi connectivity index (χ1v) is 7.69. The largest absolute Gasteiger partial charge is 0.492 e. The van der Waals surface area contributed by atoms with E-state index in [0.29, 0.717) is 6.04 Å². The molecule has 1 aromatic rings. The van der Waals surface area contributed by atoms with Crippen LogP contribution < -0.4 is 4.74 Å². The van der Waals surface area contributed by atoms with Crippen LogP contribution in [-0.4, -0.2) is 40.7 Å². The fraction of sp³-hybridized carbons (Fsp3) is 0.571. The van der Waals surface area contributed by atoms with Crippen LogP contribution in [0.25, 0.3) is 0 Å². The number of fused-ring (bicyclic) bond motifs is 1. The van der Waals surface area contributed by atoms with Gasteiger partial charge in [0.1, 0.15) is 12.4 Å². The number of thioether (sulfide) groups is 1. The maximum atomic E-state index is 9.23. The molecule has 4 heteroatoms. The average Bonchev–Trinajstić information content (AvgIpc) is 2.85. The van der Waals surface area contributed by atoms with Crippen molar-refractivity contribution in [2.75, 3.05) is 24.7 Å². The summed E-state index contributed by atoms with van der Waals surface area (Å²) in [7, 11) is 0. The van der Waals surface area contributed by atoms with E-state index in [1.807, 2.05) is 23.9 Å². The van der Waals surface area contributed by atoms with Crippen LogP contribution >= 0.6 is 11.8 Å². The molecule has 0 saturated carbocycles. The predicted octanol–water partition coefficient (Wildman–Crippen LogP) is 1.88. The van der Waals surface area contributed by atoms with Crippen LogP contribution in [0.3, 0.4) is 0 Å². The number of aliphatic hydroxyl groups excluding tert-OH is 1. The van der Waals surface area contributed by atoms with E-state index in [1.165, 1.54) is 23.5 Å². The van der Waals surface area contributed by atoms with Gasteiger partial charge in [0.2, 0.25) is 0 Å². The Hall–Kier alpha value is -0.710. The van der Waals surface area contributed by atoms with E-state index in [0.717, 1.165) is 31.0 Å². The molecule has 98 valence electrons. The third-order valence-electron chi connectivity index (χ3n) is 3.74. The van der Waals surface area contributed by atoms with E-state index in [-0.39, 0.29) is 6.61 Å². The average molecular weight is 265 g/mol. The molecule has 3 nitrogen and oxygen atoms in total. The van der Waals surface area contributed by atoms with Gasteiger partial charge >= 0.3 is 0 Å². The Balaban J connectivity index is 1.81. The van der Waals surface area contributed by atoms with E-state index in [2.05, 4.69) is 11.0 Å². The number of hydrogen-bond acceptors (Lipinski definition) is 4. The Kier molecular flexibility index (Phi) is 3.77. The topological polar surface area (TPSA) is 32.7 Å². The number of ether oxygens (including phenoxy) is 1. The lowest BCUT2D eigenvalue weighted by Gasteiger charge is -2.25. The Morgan fingerprint density at radius 1 is 1.44 bits per heavy atom. The Bertz CT molecular complexity index is 418. The number of benzene rings is 1. The predicted molar refractivity (Wildman–Crippen MR) is 74.0 cm³/mol. The van der Waals surface area contributed by atoms with E-state index < -0.39 is 0 Å². The zero-order valence-electron chi connectivity index (χ0n) is 10.5. The third-order valence-corrected chi connectivity index (χ3v) is 4.88. The van der Waals surface area contributed by atoms with Gasteiger partial charge in [-0.1, -0.05) is 6.07 Å². The SMILES string of the molecule is OCc1ccc2c(c1)CN([C@H]1CCSC1)CCO2. The number of aliphatic hydroxyl groups is 1. The molecule has 0 spiro atoms. The summed E-state index contributed by atoms with van der Waals surface area (Å²) >= 11 is 2.05. The molecule has 0 aliphatic carbocycles. The van der Waals surface area contributed by atoms with Gasteiger partial charge in [0.15, 0.2) is 0 Å². The third kappa shape index (κ3) is 2.51. The minimum Gasteiger partial charge on any atom is -0.492 e. The first kappa shape index (κ1) is 12.3. The lowest BCUT2D eigenvalue weighted by Crippen LogP contribution is -2.36. The molecule has 0 bridgehead atoms. The van der Waals surface area contributed by atoms with Crippen LogP contribution in [0.15, 0.2) is 18.2 Å². The molecule has 0 amide bonds. The number of nitrogens with zero attached hydrogens (tertiary/aromatic N) is 1. The highest BCUT2D eigenvalue weighted by molar-refractivity contribution is 7.99. The molecule has 18 heavy (non-hydrogen) atoms. The van der Waals surface area contributed by atoms with Gasteiger partial charge in [-0.3, -0.25) is 4.90 Å². The van der Waals surface area contributed by atoms with Crippen LogP contribution in [-0.2, 0) is 13.2 Å². The quantitative estimate of drug-likeness (QED) is 0.885. The van der Waals surface area contributed by atoms with Crippen molar-refractivity contribution in [2.24, 2.45) is 0 Å². The molecule has 1 atom stereocenters. The minimum absolute atomic E-state index is 0.104. The Morgan fingerprint density at radius 2 is 2.39 bits per heavy atom. The van der Waals surface area contributed by atoms with Crippen molar-refractivity contribution in [3.8, 4) is 5.75 Å². The molecular weight excluding hydrogens is 246 g/mol. The first-order valence-electron chi connectivity index (χ1n) is 6.54. The Morgan fingerprint density at radius 3 is 3.17 bits per heavy atom. The van der Waals surface area contributed by atoms with E-state index >= 15 is 0 Å². The monoisotopic (exact) mass is 265 g/mol. The van der Waals surface area contributed by atoms with Gasteiger partial charge in [0.05, 0.1) is 6.61 Å². The number of rotatable bonds is 2. The molecular formula is C14H19NO2S. The second kappa shape index (κ2) is 5.51. The van der Waals surface area contributed by atoms with Crippen LogP contribution in [0.2, 0.25) is 0 Å². The van der Waals surface area contributed by atoms with Gasteiger partial charge in [-0.05, 0) is 29.9 Å². The molecule has 1 fully saturated rings. The summed E-state index contributed by atoms with van der Waals surface area (Å²) in [5.41, 5.74) is 2.19. The van der Waals surface area contributed by atoms with Crippen LogP contribution in [0.4, 0.5) is 0 Å². The minimum atomic E-state index is 0.104. The molecule has 2 aliphatic heterocycles. The van der Waals surface area contributed by atoms with Crippen molar-refractivity contribution in [3.05, 3.63) is 29.3 Å². The molecule has 1 saturated heterocycles. The summed E-state index contributed by atoms with van der Waals surface area (Å²) < 4.78 is 5.81. The first-order chi connectivity index (χ1) is 8.86. The van der Waals surface area contributed by atoms with Crippen LogP contribution in [0.1, 0.15) is 17.5 Å². The zero-order chi connectivity index (χ0) is 12.4. The van der Waals surface area contributed by atoms with Crippen molar-refractivity contribution in [1.29, 1.82) is 0 Å². The van der Waals surface area contributed by atoms with E-state index in [4.69, 9.17) is 4.74 Å². The van der Waals surface area contributed by atoms with E-state index in [9.17, 15) is 5.11 Å². The van der Waals surface area contributed by atoms with Crippen LogP contribution in [0, 0.1) is 0 Å². The van der Waals surface area contributed by atoms with Crippen molar-refractivity contribution in [3.63, 3.8) is 0 Å². The highest BCUT2D eigenvalue weighted by atomic mass is 32.2. The summed E-state index contributed by atoms with van der Waals surface area (Å²) in [5, 5.41) is 9.23. The van der Waals surface area contributed by atoms with Crippen molar-refractivity contribution < 1.29 is 9.84 Å². The standard InChI is InChI=1S/C14H19NO2S/c16-9-11-1-2-14-12(7-11)8-15(4-5-17-14)13-3-6-18-10-13/h1-2,7,13,16H,3-6,8-10H2/t13-/m0/s1. The lowest BCUT2D eigenvalue weighted by molar-refractivity contribution is 0.182. The van der Waals surface area contributed by atoms with E-state index in [1.54, 1.807) is 0 Å². The van der Waals surface area contributed by atoms with Gasteiger partial charge < -0.3 is 9.84 Å². The lowest BCUT2D eigenvalue weighted by atomic mass is 10.1. The fourth-order valence-electron chi connectivity index (χ4n) is 2.69. The molecule has 3 rings (SSSR count). The molecule has 0 radical (unpaired) electrons. The highest BCUT2D eigenvalue weighted by Crippen LogP contribution is 2.29. The summed E-state index contributed by atoms with van der Waals surface area (Å²) in [4.78, 5) is 2.53. The molecule has 1 aromatic carbocycles. The van der Waals surface area contributed by atoms with Gasteiger partial charge in [-0.2, -0.15) is 11.8 Å². The second-order valence-corrected chi connectivity index (χ2v) is 6.09. The summed E-state index contributed by atoms with van der Waals surface area (Å²) in [5.74, 6) is 3.51. The Labute approximate surface area is 112 Å². The maximum Gasteiger partial charge on any atom is 0.123 e. The summed E-state index contributed by atoms with van der Waals surface area (Å²) in [6.45, 7) is 2.84. The summed E-state index contributed by atoms with van der Waals surface area (Å²) in [6, 6.07) is 6.71. The second-order valence-electron chi connectivity index (χ2n) is 4.94. The zero-order valence-corrected chi connectivity index (χ0v) is 11.3. The normalized spacial score (nSPS) is 24.4. The molecule has 0 aromatic heterocycles. The van der Waals surface area contributed by atoms with Crippen molar-refractivity contribution in [2.45, 2.75) is 25.6 Å². The molecule has 0 unspecified atom stereocenters. The fourth-order valence-corrected chi connectivity index (χ4v) is 3.94. The molecule has 1 N–H and O–H groups in total.